The average Bonchev–Trinajstić information content (AvgIpc) is 2.46. The molecule has 3 nitrogen and oxygen atoms in total. The number of anilines is 1. The maximum Gasteiger partial charge on any atom is 0.143 e. The van der Waals surface area contributed by atoms with Crippen LogP contribution in [0.5, 0.6) is 0 Å². The lowest BCUT2D eigenvalue weighted by molar-refractivity contribution is 0.427. The Bertz CT molecular complexity index is 440. The summed E-state index contributed by atoms with van der Waals surface area (Å²) < 4.78 is 1.20. The molecule has 0 amide bonds. The third-order valence-electron chi connectivity index (χ3n) is 3.95. The highest BCUT2D eigenvalue weighted by Gasteiger charge is 2.22. The summed E-state index contributed by atoms with van der Waals surface area (Å²) in [7, 11) is 0. The van der Waals surface area contributed by atoms with Crippen molar-refractivity contribution in [2.24, 2.45) is 0 Å². The molecule has 0 aromatic carbocycles. The van der Waals surface area contributed by atoms with Crippen LogP contribution in [-0.2, 0) is 0 Å². The lowest BCUT2D eigenvalue weighted by atomic mass is 9.88. The van der Waals surface area contributed by atoms with E-state index in [-0.39, 0.29) is 0 Å². The molecule has 1 aromatic rings. The van der Waals surface area contributed by atoms with E-state index in [0.29, 0.717) is 11.8 Å². The third-order valence-corrected chi connectivity index (χ3v) is 5.02. The quantitative estimate of drug-likeness (QED) is 0.717. The molecular weight excluding hydrogens is 361 g/mol. The Morgan fingerprint density at radius 3 is 2.50 bits per heavy atom. The zero-order chi connectivity index (χ0) is 14.5. The summed E-state index contributed by atoms with van der Waals surface area (Å²) in [6.07, 6.45) is 7.66. The minimum absolute atomic E-state index is 0.453. The number of aromatic nitrogens is 2. The fourth-order valence-corrected chi connectivity index (χ4v) is 3.82. The van der Waals surface area contributed by atoms with Crippen LogP contribution in [-0.4, -0.2) is 16.5 Å². The van der Waals surface area contributed by atoms with Gasteiger partial charge in [0.05, 0.1) is 9.26 Å². The molecule has 1 aliphatic carbocycles. The van der Waals surface area contributed by atoms with Gasteiger partial charge in [0.1, 0.15) is 11.6 Å². The molecule has 2 rings (SSSR count). The van der Waals surface area contributed by atoms with Gasteiger partial charge >= 0.3 is 0 Å². The van der Waals surface area contributed by atoms with E-state index in [1.165, 1.54) is 41.4 Å². The van der Waals surface area contributed by atoms with E-state index in [1.54, 1.807) is 0 Å². The van der Waals surface area contributed by atoms with Crippen LogP contribution >= 0.6 is 22.6 Å². The van der Waals surface area contributed by atoms with Crippen molar-refractivity contribution >= 4 is 28.4 Å². The van der Waals surface area contributed by atoms with Gasteiger partial charge in [-0.3, -0.25) is 0 Å². The molecule has 0 bridgehead atoms. The van der Waals surface area contributed by atoms with Gasteiger partial charge in [-0.05, 0) is 47.8 Å². The van der Waals surface area contributed by atoms with E-state index in [9.17, 15) is 0 Å². The number of nitrogens with zero attached hydrogens (tertiary/aromatic N) is 2. The molecule has 1 saturated carbocycles. The normalized spacial score (nSPS) is 16.6. The fourth-order valence-electron chi connectivity index (χ4n) is 2.77. The second-order valence-corrected chi connectivity index (χ2v) is 7.12. The van der Waals surface area contributed by atoms with Crippen molar-refractivity contribution < 1.29 is 0 Å². The molecule has 0 aliphatic heterocycles. The predicted octanol–water partition coefficient (Wildman–Crippen LogP) is 5.07. The Balaban J connectivity index is 2.32. The van der Waals surface area contributed by atoms with Crippen LogP contribution in [0.15, 0.2) is 0 Å². The first-order valence-corrected chi connectivity index (χ1v) is 9.02. The van der Waals surface area contributed by atoms with Crippen LogP contribution in [0.2, 0.25) is 0 Å². The fraction of sp³-hybridized carbons (Fsp3) is 0.750. The largest absolute Gasteiger partial charge is 0.369 e. The number of hydrogen-bond acceptors (Lipinski definition) is 3. The highest BCUT2D eigenvalue weighted by Crippen LogP contribution is 2.33. The van der Waals surface area contributed by atoms with E-state index in [0.717, 1.165) is 24.6 Å². The number of hydrogen-bond donors (Lipinski definition) is 1. The third kappa shape index (κ3) is 3.83. The molecule has 1 N–H and O–H groups in total. The minimum Gasteiger partial charge on any atom is -0.369 e. The van der Waals surface area contributed by atoms with Crippen LogP contribution < -0.4 is 5.32 Å². The number of halogens is 1. The molecule has 1 aliphatic rings. The van der Waals surface area contributed by atoms with Gasteiger partial charge in [-0.1, -0.05) is 40.0 Å². The standard InChI is InChI=1S/C16H26IN3/c1-4-10-18-16-13(17)14(11(2)3)19-15(20-16)12-8-6-5-7-9-12/h11-12H,4-10H2,1-3H3,(H,18,19,20). The Hall–Kier alpha value is -0.390. The van der Waals surface area contributed by atoms with E-state index in [2.05, 4.69) is 48.7 Å². The lowest BCUT2D eigenvalue weighted by Gasteiger charge is -2.23. The molecule has 0 spiro atoms. The van der Waals surface area contributed by atoms with Crippen molar-refractivity contribution in [2.45, 2.75) is 71.1 Å². The Kier molecular flexibility index (Phi) is 6.05. The van der Waals surface area contributed by atoms with E-state index in [4.69, 9.17) is 9.97 Å². The first-order chi connectivity index (χ1) is 9.63. The second-order valence-electron chi connectivity index (χ2n) is 6.05. The van der Waals surface area contributed by atoms with Crippen molar-refractivity contribution in [1.29, 1.82) is 0 Å². The van der Waals surface area contributed by atoms with Crippen LogP contribution in [0.3, 0.4) is 0 Å². The van der Waals surface area contributed by atoms with Crippen molar-refractivity contribution in [3.8, 4) is 0 Å². The molecule has 20 heavy (non-hydrogen) atoms. The van der Waals surface area contributed by atoms with E-state index >= 15 is 0 Å². The van der Waals surface area contributed by atoms with Gasteiger partial charge in [0, 0.05) is 12.5 Å². The highest BCUT2D eigenvalue weighted by atomic mass is 127. The zero-order valence-corrected chi connectivity index (χ0v) is 15.0. The molecule has 1 aromatic heterocycles. The van der Waals surface area contributed by atoms with Crippen LogP contribution in [0, 0.1) is 3.57 Å². The molecule has 1 heterocycles. The summed E-state index contributed by atoms with van der Waals surface area (Å²) in [5, 5.41) is 3.48. The summed E-state index contributed by atoms with van der Waals surface area (Å²) >= 11 is 2.40. The lowest BCUT2D eigenvalue weighted by Crippen LogP contribution is -2.15. The summed E-state index contributed by atoms with van der Waals surface area (Å²) in [5.41, 5.74) is 1.21. The maximum absolute atomic E-state index is 4.91. The topological polar surface area (TPSA) is 37.8 Å². The summed E-state index contributed by atoms with van der Waals surface area (Å²) in [5.74, 6) is 3.15. The summed E-state index contributed by atoms with van der Waals surface area (Å²) in [4.78, 5) is 9.75. The molecule has 0 radical (unpaired) electrons. The first kappa shape index (κ1) is 16.0. The molecule has 4 heteroatoms. The molecular formula is C16H26IN3. The van der Waals surface area contributed by atoms with Gasteiger partial charge in [-0.25, -0.2) is 9.97 Å². The van der Waals surface area contributed by atoms with Crippen molar-refractivity contribution in [3.05, 3.63) is 15.1 Å². The van der Waals surface area contributed by atoms with Gasteiger partial charge in [0.25, 0.3) is 0 Å². The smallest absolute Gasteiger partial charge is 0.143 e. The van der Waals surface area contributed by atoms with E-state index < -0.39 is 0 Å². The maximum atomic E-state index is 4.91. The number of rotatable bonds is 5. The monoisotopic (exact) mass is 387 g/mol. The summed E-state index contributed by atoms with van der Waals surface area (Å²) in [6, 6.07) is 0. The van der Waals surface area contributed by atoms with Crippen molar-refractivity contribution in [2.75, 3.05) is 11.9 Å². The molecule has 0 unspecified atom stereocenters. The van der Waals surface area contributed by atoms with Crippen LogP contribution in [0.4, 0.5) is 5.82 Å². The summed E-state index contributed by atoms with van der Waals surface area (Å²) in [6.45, 7) is 7.61. The first-order valence-electron chi connectivity index (χ1n) is 7.94. The van der Waals surface area contributed by atoms with Gasteiger partial charge in [0.15, 0.2) is 0 Å². The van der Waals surface area contributed by atoms with Crippen LogP contribution in [0.25, 0.3) is 0 Å². The zero-order valence-electron chi connectivity index (χ0n) is 12.9. The molecule has 112 valence electrons. The highest BCUT2D eigenvalue weighted by molar-refractivity contribution is 14.1. The SMILES string of the molecule is CCCNc1nc(C2CCCCC2)nc(C(C)C)c1I. The van der Waals surface area contributed by atoms with E-state index in [1.807, 2.05) is 0 Å². The molecule has 1 fully saturated rings. The Morgan fingerprint density at radius 1 is 1.20 bits per heavy atom. The van der Waals surface area contributed by atoms with Gasteiger partial charge in [-0.15, -0.1) is 0 Å². The Labute approximate surface area is 136 Å². The average molecular weight is 387 g/mol. The van der Waals surface area contributed by atoms with Crippen molar-refractivity contribution in [3.63, 3.8) is 0 Å². The number of nitrogens with one attached hydrogen (secondary N) is 1. The molecule has 0 saturated heterocycles. The predicted molar refractivity (Wildman–Crippen MR) is 93.4 cm³/mol. The van der Waals surface area contributed by atoms with Gasteiger partial charge < -0.3 is 5.32 Å². The second kappa shape index (κ2) is 7.57. The molecule has 0 atom stereocenters. The van der Waals surface area contributed by atoms with Crippen molar-refractivity contribution in [1.82, 2.24) is 9.97 Å². The van der Waals surface area contributed by atoms with Crippen LogP contribution in [0.1, 0.15) is 82.7 Å². The van der Waals surface area contributed by atoms with Gasteiger partial charge in [-0.2, -0.15) is 0 Å². The van der Waals surface area contributed by atoms with Gasteiger partial charge in [0.2, 0.25) is 0 Å². The Morgan fingerprint density at radius 2 is 1.90 bits per heavy atom. The minimum atomic E-state index is 0.453.